The van der Waals surface area contributed by atoms with Crippen molar-refractivity contribution in [1.82, 2.24) is 9.47 Å². The lowest BCUT2D eigenvalue weighted by Crippen LogP contribution is -2.41. The highest BCUT2D eigenvalue weighted by Gasteiger charge is 2.26. The molecule has 152 valence electrons. The largest absolute Gasteiger partial charge is 0.345 e. The molecule has 3 aromatic rings. The van der Waals surface area contributed by atoms with E-state index in [-0.39, 0.29) is 23.4 Å². The van der Waals surface area contributed by atoms with E-state index in [4.69, 9.17) is 0 Å². The van der Waals surface area contributed by atoms with Crippen molar-refractivity contribution < 1.29 is 9.18 Å². The summed E-state index contributed by atoms with van der Waals surface area (Å²) in [5, 5.41) is 0. The van der Waals surface area contributed by atoms with E-state index in [0.29, 0.717) is 6.54 Å². The lowest BCUT2D eigenvalue weighted by molar-refractivity contribution is 0.0618. The fourth-order valence-electron chi connectivity index (χ4n) is 3.48. The smallest absolute Gasteiger partial charge is 0.257 e. The number of carbonyl (C=O) groups excluding carboxylic acids is 1. The zero-order chi connectivity index (χ0) is 21.0. The highest BCUT2D eigenvalue weighted by Crippen LogP contribution is 2.20. The van der Waals surface area contributed by atoms with Gasteiger partial charge in [0.2, 0.25) is 0 Å². The van der Waals surface area contributed by atoms with Crippen LogP contribution in [0.3, 0.4) is 0 Å². The standard InChI is InChI=1S/C25H29FN2O/c1-18(2)20(4)28(25(29)23-12-5-6-13-24(23)26)17-22-11-8-14-27(22)16-21-10-7-9-19(3)15-21/h5-15,18,20H,16-17H2,1-4H3. The Morgan fingerprint density at radius 1 is 1.03 bits per heavy atom. The van der Waals surface area contributed by atoms with Crippen molar-refractivity contribution in [3.8, 4) is 0 Å². The molecule has 0 aliphatic heterocycles. The van der Waals surface area contributed by atoms with Gasteiger partial charge in [-0.1, -0.05) is 55.8 Å². The summed E-state index contributed by atoms with van der Waals surface area (Å²) in [5.74, 6) is -0.493. The molecule has 1 aromatic heterocycles. The lowest BCUT2D eigenvalue weighted by Gasteiger charge is -2.32. The van der Waals surface area contributed by atoms with Crippen LogP contribution in [0.2, 0.25) is 0 Å². The number of hydrogen-bond acceptors (Lipinski definition) is 1. The predicted molar refractivity (Wildman–Crippen MR) is 115 cm³/mol. The second-order valence-corrected chi connectivity index (χ2v) is 8.01. The van der Waals surface area contributed by atoms with Crippen LogP contribution in [0.15, 0.2) is 66.9 Å². The third kappa shape index (κ3) is 4.94. The molecule has 4 heteroatoms. The molecule has 0 aliphatic rings. The Balaban J connectivity index is 1.88. The second kappa shape index (κ2) is 9.08. The molecule has 0 saturated heterocycles. The molecule has 3 nitrogen and oxygen atoms in total. The Kier molecular flexibility index (Phi) is 6.53. The molecule has 1 unspecified atom stereocenters. The van der Waals surface area contributed by atoms with E-state index in [9.17, 15) is 9.18 Å². The minimum absolute atomic E-state index is 0.0237. The van der Waals surface area contributed by atoms with Gasteiger partial charge in [-0.25, -0.2) is 4.39 Å². The Morgan fingerprint density at radius 2 is 1.79 bits per heavy atom. The van der Waals surface area contributed by atoms with Crippen molar-refractivity contribution in [3.05, 3.63) is 95.1 Å². The summed E-state index contributed by atoms with van der Waals surface area (Å²) >= 11 is 0. The van der Waals surface area contributed by atoms with Gasteiger partial charge in [-0.05, 0) is 49.6 Å². The van der Waals surface area contributed by atoms with Gasteiger partial charge in [-0.15, -0.1) is 0 Å². The fourth-order valence-corrected chi connectivity index (χ4v) is 3.48. The van der Waals surface area contributed by atoms with Crippen molar-refractivity contribution >= 4 is 5.91 Å². The Bertz CT molecular complexity index is 976. The zero-order valence-electron chi connectivity index (χ0n) is 17.6. The van der Waals surface area contributed by atoms with Crippen LogP contribution in [0.5, 0.6) is 0 Å². The highest BCUT2D eigenvalue weighted by molar-refractivity contribution is 5.94. The molecule has 1 amide bonds. The number of hydrogen-bond donors (Lipinski definition) is 0. The van der Waals surface area contributed by atoms with Crippen LogP contribution < -0.4 is 0 Å². The average Bonchev–Trinajstić information content (AvgIpc) is 3.12. The number of benzene rings is 2. The minimum atomic E-state index is -0.478. The maximum Gasteiger partial charge on any atom is 0.257 e. The van der Waals surface area contributed by atoms with Crippen molar-refractivity contribution in [3.63, 3.8) is 0 Å². The normalized spacial score (nSPS) is 12.2. The quantitative estimate of drug-likeness (QED) is 0.508. The molecule has 3 rings (SSSR count). The third-order valence-electron chi connectivity index (χ3n) is 5.51. The fraction of sp³-hybridized carbons (Fsp3) is 0.320. The third-order valence-corrected chi connectivity index (χ3v) is 5.51. The van der Waals surface area contributed by atoms with Gasteiger partial charge in [-0.2, -0.15) is 0 Å². The molecule has 0 N–H and O–H groups in total. The van der Waals surface area contributed by atoms with Gasteiger partial charge in [0, 0.05) is 24.5 Å². The number of rotatable bonds is 7. The molecule has 0 saturated carbocycles. The van der Waals surface area contributed by atoms with Gasteiger partial charge in [0.05, 0.1) is 12.1 Å². The summed E-state index contributed by atoms with van der Waals surface area (Å²) in [6, 6.07) is 18.6. The molecule has 0 radical (unpaired) electrons. The lowest BCUT2D eigenvalue weighted by atomic mass is 10.0. The summed E-state index contributed by atoms with van der Waals surface area (Å²) < 4.78 is 16.5. The molecular weight excluding hydrogens is 363 g/mol. The van der Waals surface area contributed by atoms with Gasteiger partial charge in [-0.3, -0.25) is 4.79 Å². The van der Waals surface area contributed by atoms with Crippen LogP contribution in [-0.2, 0) is 13.1 Å². The molecule has 0 spiro atoms. The van der Waals surface area contributed by atoms with Gasteiger partial charge >= 0.3 is 0 Å². The van der Waals surface area contributed by atoms with Gasteiger partial charge < -0.3 is 9.47 Å². The SMILES string of the molecule is Cc1cccc(Cn2cccc2CN(C(=O)c2ccccc2F)C(C)C(C)C)c1. The van der Waals surface area contributed by atoms with Crippen LogP contribution in [0, 0.1) is 18.7 Å². The number of nitrogens with zero attached hydrogens (tertiary/aromatic N) is 2. The molecule has 0 fully saturated rings. The number of amides is 1. The zero-order valence-corrected chi connectivity index (χ0v) is 17.6. The van der Waals surface area contributed by atoms with Gasteiger partial charge in [0.1, 0.15) is 5.82 Å². The highest BCUT2D eigenvalue weighted by atomic mass is 19.1. The van der Waals surface area contributed by atoms with E-state index < -0.39 is 5.82 Å². The van der Waals surface area contributed by atoms with Crippen molar-refractivity contribution in [2.24, 2.45) is 5.92 Å². The first-order valence-electron chi connectivity index (χ1n) is 10.1. The predicted octanol–water partition coefficient (Wildman–Crippen LogP) is 5.67. The van der Waals surface area contributed by atoms with E-state index in [2.05, 4.69) is 49.6 Å². The van der Waals surface area contributed by atoms with Gasteiger partial charge in [0.15, 0.2) is 0 Å². The molecular formula is C25H29FN2O. The summed E-state index contributed by atoms with van der Waals surface area (Å²) in [4.78, 5) is 15.0. The first-order chi connectivity index (χ1) is 13.9. The Morgan fingerprint density at radius 3 is 2.48 bits per heavy atom. The van der Waals surface area contributed by atoms with Crippen LogP contribution in [-0.4, -0.2) is 21.4 Å². The van der Waals surface area contributed by atoms with E-state index in [0.717, 1.165) is 12.2 Å². The molecule has 2 aromatic carbocycles. The summed E-state index contributed by atoms with van der Waals surface area (Å²) in [6.07, 6.45) is 2.03. The summed E-state index contributed by atoms with van der Waals surface area (Å²) in [5.41, 5.74) is 3.59. The molecule has 29 heavy (non-hydrogen) atoms. The van der Waals surface area contributed by atoms with E-state index in [1.54, 1.807) is 23.1 Å². The second-order valence-electron chi connectivity index (χ2n) is 8.01. The van der Waals surface area contributed by atoms with Crippen molar-refractivity contribution in [1.29, 1.82) is 0 Å². The van der Waals surface area contributed by atoms with Crippen LogP contribution in [0.4, 0.5) is 4.39 Å². The van der Waals surface area contributed by atoms with E-state index >= 15 is 0 Å². The molecule has 0 aliphatic carbocycles. The monoisotopic (exact) mass is 392 g/mol. The van der Waals surface area contributed by atoms with Crippen molar-refractivity contribution in [2.75, 3.05) is 0 Å². The average molecular weight is 393 g/mol. The van der Waals surface area contributed by atoms with Gasteiger partial charge in [0.25, 0.3) is 5.91 Å². The van der Waals surface area contributed by atoms with Crippen LogP contribution in [0.25, 0.3) is 0 Å². The number of aromatic nitrogens is 1. The van der Waals surface area contributed by atoms with Crippen LogP contribution in [0.1, 0.15) is 48.0 Å². The summed E-state index contributed by atoms with van der Waals surface area (Å²) in [6.45, 7) is 9.44. The first-order valence-corrected chi connectivity index (χ1v) is 10.1. The molecule has 0 bridgehead atoms. The van der Waals surface area contributed by atoms with E-state index in [1.807, 2.05) is 25.3 Å². The first kappa shape index (κ1) is 20.8. The topological polar surface area (TPSA) is 25.2 Å². The van der Waals surface area contributed by atoms with E-state index in [1.165, 1.54) is 17.2 Å². The number of carbonyl (C=O) groups is 1. The Labute approximate surface area is 172 Å². The summed E-state index contributed by atoms with van der Waals surface area (Å²) in [7, 11) is 0. The minimum Gasteiger partial charge on any atom is -0.345 e. The maximum absolute atomic E-state index is 14.3. The molecule has 1 heterocycles. The number of aryl methyl sites for hydroxylation is 1. The Hall–Kier alpha value is -2.88. The van der Waals surface area contributed by atoms with Crippen molar-refractivity contribution in [2.45, 2.75) is 46.8 Å². The number of halogens is 1. The molecule has 1 atom stereocenters. The maximum atomic E-state index is 14.3. The van der Waals surface area contributed by atoms with Crippen LogP contribution >= 0.6 is 0 Å².